The van der Waals surface area contributed by atoms with Crippen LogP contribution in [-0.2, 0) is 14.3 Å². The van der Waals surface area contributed by atoms with Gasteiger partial charge < -0.3 is 4.74 Å². The molecule has 2 aliphatic carbocycles. The number of allylic oxidation sites excluding steroid dienone is 2. The molecule has 4 nitrogen and oxygen atoms in total. The van der Waals surface area contributed by atoms with Crippen LogP contribution in [0.5, 0.6) is 0 Å². The number of Topliss-reactive ketones (excluding diaryl/α,β-unsaturated/α-hetero) is 1. The van der Waals surface area contributed by atoms with E-state index in [4.69, 9.17) is 21.3 Å². The summed E-state index contributed by atoms with van der Waals surface area (Å²) < 4.78 is 5.95. The average Bonchev–Trinajstić information content (AvgIpc) is 2.66. The molecule has 3 aliphatic rings. The van der Waals surface area contributed by atoms with E-state index < -0.39 is 11.8 Å². The molecule has 1 aromatic rings. The first-order valence-electron chi connectivity index (χ1n) is 11.0. The zero-order chi connectivity index (χ0) is 21.5. The van der Waals surface area contributed by atoms with Crippen LogP contribution in [0, 0.1) is 11.3 Å². The number of halogens is 1. The minimum atomic E-state index is -0.589. The Bertz CT molecular complexity index is 924. The van der Waals surface area contributed by atoms with Crippen molar-refractivity contribution in [2.24, 2.45) is 16.3 Å². The topological polar surface area (TPSA) is 55.7 Å². The van der Waals surface area contributed by atoms with Crippen molar-refractivity contribution in [2.45, 2.75) is 77.7 Å². The van der Waals surface area contributed by atoms with Crippen LogP contribution in [0.25, 0.3) is 0 Å². The first-order chi connectivity index (χ1) is 14.2. The molecule has 1 aliphatic heterocycles. The van der Waals surface area contributed by atoms with Gasteiger partial charge in [-0.1, -0.05) is 44.0 Å². The third kappa shape index (κ3) is 4.25. The van der Waals surface area contributed by atoms with Gasteiger partial charge in [0, 0.05) is 34.3 Å². The van der Waals surface area contributed by atoms with Gasteiger partial charge in [0.05, 0.1) is 0 Å². The van der Waals surface area contributed by atoms with E-state index in [2.05, 4.69) is 13.8 Å². The van der Waals surface area contributed by atoms with Gasteiger partial charge in [-0.25, -0.2) is 0 Å². The molecule has 0 aromatic heterocycles. The number of carbonyl (C=O) groups is 2. The van der Waals surface area contributed by atoms with Crippen molar-refractivity contribution < 1.29 is 14.3 Å². The number of esters is 1. The Balaban J connectivity index is 1.75. The van der Waals surface area contributed by atoms with Crippen LogP contribution in [-0.4, -0.2) is 23.6 Å². The van der Waals surface area contributed by atoms with E-state index in [-0.39, 0.29) is 23.3 Å². The summed E-state index contributed by atoms with van der Waals surface area (Å²) in [5, 5.41) is 0.595. The predicted molar refractivity (Wildman–Crippen MR) is 119 cm³/mol. The van der Waals surface area contributed by atoms with Gasteiger partial charge in [-0.2, -0.15) is 0 Å². The normalized spacial score (nSPS) is 26.8. The fourth-order valence-corrected chi connectivity index (χ4v) is 5.43. The Labute approximate surface area is 183 Å². The average molecular weight is 428 g/mol. The van der Waals surface area contributed by atoms with Gasteiger partial charge in [-0.3, -0.25) is 14.6 Å². The minimum Gasteiger partial charge on any atom is -0.462 e. The summed E-state index contributed by atoms with van der Waals surface area (Å²) in [5.74, 6) is -1.17. The highest BCUT2D eigenvalue weighted by Crippen LogP contribution is 2.48. The van der Waals surface area contributed by atoms with Crippen molar-refractivity contribution >= 4 is 29.1 Å². The van der Waals surface area contributed by atoms with Crippen molar-refractivity contribution in [3.05, 3.63) is 46.1 Å². The second kappa shape index (κ2) is 8.30. The van der Waals surface area contributed by atoms with E-state index in [1.807, 2.05) is 31.2 Å². The third-order valence-corrected chi connectivity index (χ3v) is 6.83. The van der Waals surface area contributed by atoms with E-state index in [9.17, 15) is 9.59 Å². The maximum absolute atomic E-state index is 13.4. The summed E-state index contributed by atoms with van der Waals surface area (Å²) >= 11 is 6.29. The standard InChI is InChI=1S/C25H30ClNO3/c1-15-21(24(29)30-18-10-5-4-6-11-18)22(16-8-7-9-17(26)12-16)23-19(27-15)13-25(2,3)14-20(23)28/h7-9,12,18,21-22H,4-6,10-11,13-14H2,1-3H3/t21?,22-/m1/s1. The van der Waals surface area contributed by atoms with Gasteiger partial charge in [-0.05, 0) is 62.1 Å². The molecule has 1 unspecified atom stereocenters. The lowest BCUT2D eigenvalue weighted by molar-refractivity contribution is -0.153. The lowest BCUT2D eigenvalue weighted by Gasteiger charge is -2.39. The summed E-state index contributed by atoms with van der Waals surface area (Å²) in [6, 6.07) is 7.50. The van der Waals surface area contributed by atoms with E-state index in [0.717, 1.165) is 49.1 Å². The Morgan fingerprint density at radius 3 is 2.60 bits per heavy atom. The Kier molecular flexibility index (Phi) is 5.89. The second-order valence-corrected chi connectivity index (χ2v) is 10.2. The maximum atomic E-state index is 13.4. The number of aliphatic imine (C=N–C) groups is 1. The number of benzene rings is 1. The molecule has 30 heavy (non-hydrogen) atoms. The first-order valence-corrected chi connectivity index (χ1v) is 11.4. The summed E-state index contributed by atoms with van der Waals surface area (Å²) in [6.45, 7) is 6.08. The number of hydrogen-bond donors (Lipinski definition) is 0. The van der Waals surface area contributed by atoms with Gasteiger partial charge in [0.25, 0.3) is 0 Å². The molecule has 0 amide bonds. The SMILES string of the molecule is CC1=NC2=C(C(=O)CC(C)(C)C2)[C@H](c2cccc(Cl)c2)C1C(=O)OC1CCCCC1. The molecular weight excluding hydrogens is 398 g/mol. The maximum Gasteiger partial charge on any atom is 0.315 e. The van der Waals surface area contributed by atoms with Gasteiger partial charge in [0.15, 0.2) is 5.78 Å². The molecule has 0 radical (unpaired) electrons. The highest BCUT2D eigenvalue weighted by Gasteiger charge is 2.46. The molecule has 1 aromatic carbocycles. The monoisotopic (exact) mass is 427 g/mol. The molecule has 5 heteroatoms. The quantitative estimate of drug-likeness (QED) is 0.553. The highest BCUT2D eigenvalue weighted by atomic mass is 35.5. The minimum absolute atomic E-state index is 0.0320. The molecule has 1 fully saturated rings. The summed E-state index contributed by atoms with van der Waals surface area (Å²) in [7, 11) is 0. The van der Waals surface area contributed by atoms with Crippen molar-refractivity contribution in [2.75, 3.05) is 0 Å². The molecule has 4 rings (SSSR count). The lowest BCUT2D eigenvalue weighted by atomic mass is 9.67. The van der Waals surface area contributed by atoms with E-state index >= 15 is 0 Å². The molecule has 1 heterocycles. The number of ketones is 1. The molecule has 0 N–H and O–H groups in total. The van der Waals surface area contributed by atoms with Crippen LogP contribution in [0.1, 0.15) is 77.2 Å². The molecule has 0 spiro atoms. The molecule has 1 saturated carbocycles. The van der Waals surface area contributed by atoms with Gasteiger partial charge in [0.2, 0.25) is 0 Å². The van der Waals surface area contributed by atoms with Crippen molar-refractivity contribution in [3.63, 3.8) is 0 Å². The van der Waals surface area contributed by atoms with E-state index in [1.54, 1.807) is 0 Å². The van der Waals surface area contributed by atoms with Crippen LogP contribution >= 0.6 is 11.6 Å². The Morgan fingerprint density at radius 1 is 1.17 bits per heavy atom. The molecule has 0 bridgehead atoms. The fourth-order valence-electron chi connectivity index (χ4n) is 5.23. The van der Waals surface area contributed by atoms with E-state index in [1.165, 1.54) is 6.42 Å². The number of hydrogen-bond acceptors (Lipinski definition) is 4. The van der Waals surface area contributed by atoms with Crippen molar-refractivity contribution in [1.29, 1.82) is 0 Å². The smallest absolute Gasteiger partial charge is 0.315 e. The first kappa shape index (κ1) is 21.3. The molecule has 2 atom stereocenters. The van der Waals surface area contributed by atoms with Gasteiger partial charge >= 0.3 is 5.97 Å². The summed E-state index contributed by atoms with van der Waals surface area (Å²) in [4.78, 5) is 31.4. The number of rotatable bonds is 3. The lowest BCUT2D eigenvalue weighted by Crippen LogP contribution is -2.40. The second-order valence-electron chi connectivity index (χ2n) is 9.76. The zero-order valence-electron chi connectivity index (χ0n) is 18.0. The Hall–Kier alpha value is -1.94. The van der Waals surface area contributed by atoms with Crippen LogP contribution in [0.4, 0.5) is 0 Å². The zero-order valence-corrected chi connectivity index (χ0v) is 18.8. The van der Waals surface area contributed by atoms with Crippen LogP contribution in [0.15, 0.2) is 40.5 Å². The largest absolute Gasteiger partial charge is 0.462 e. The van der Waals surface area contributed by atoms with Crippen molar-refractivity contribution in [3.8, 4) is 0 Å². The summed E-state index contributed by atoms with van der Waals surface area (Å²) in [5.41, 5.74) is 2.97. The van der Waals surface area contributed by atoms with Crippen LogP contribution < -0.4 is 0 Å². The van der Waals surface area contributed by atoms with E-state index in [0.29, 0.717) is 17.0 Å². The van der Waals surface area contributed by atoms with Crippen molar-refractivity contribution in [1.82, 2.24) is 0 Å². The summed E-state index contributed by atoms with van der Waals surface area (Å²) in [6.07, 6.45) is 6.37. The van der Waals surface area contributed by atoms with Crippen LogP contribution in [0.3, 0.4) is 0 Å². The molecule has 160 valence electrons. The number of ether oxygens (including phenoxy) is 1. The molecule has 0 saturated heterocycles. The number of carbonyl (C=O) groups excluding carboxylic acids is 2. The number of nitrogens with zero attached hydrogens (tertiary/aromatic N) is 1. The van der Waals surface area contributed by atoms with Gasteiger partial charge in [-0.15, -0.1) is 0 Å². The predicted octanol–water partition coefficient (Wildman–Crippen LogP) is 6.03. The highest BCUT2D eigenvalue weighted by molar-refractivity contribution is 6.30. The molecular formula is C25H30ClNO3. The third-order valence-electron chi connectivity index (χ3n) is 6.60. The van der Waals surface area contributed by atoms with Gasteiger partial charge in [0.1, 0.15) is 12.0 Å². The fraction of sp³-hybridized carbons (Fsp3) is 0.560. The van der Waals surface area contributed by atoms with Crippen LogP contribution in [0.2, 0.25) is 5.02 Å². The Morgan fingerprint density at radius 2 is 1.90 bits per heavy atom.